The van der Waals surface area contributed by atoms with E-state index in [9.17, 15) is 13.2 Å². The molecule has 2 rings (SSSR count). The normalized spacial score (nSPS) is 11.5. The highest BCUT2D eigenvalue weighted by Crippen LogP contribution is 2.35. The summed E-state index contributed by atoms with van der Waals surface area (Å²) < 4.78 is 37.8. The lowest BCUT2D eigenvalue weighted by Crippen LogP contribution is -2.04. The lowest BCUT2D eigenvalue weighted by molar-refractivity contribution is -0.137. The van der Waals surface area contributed by atoms with Gasteiger partial charge in [-0.05, 0) is 29.3 Å². The molecule has 88 valence electrons. The number of benzene rings is 2. The average molecular weight is 254 g/mol. The number of hydrogen-bond acceptors (Lipinski definition) is 1. The Morgan fingerprint density at radius 1 is 0.882 bits per heavy atom. The lowest BCUT2D eigenvalue weighted by atomic mass is 10.0. The first-order valence-corrected chi connectivity index (χ1v) is 5.39. The summed E-state index contributed by atoms with van der Waals surface area (Å²) >= 11 is 4.18. The minimum Gasteiger partial charge on any atom is -0.166 e. The highest BCUT2D eigenvalue weighted by atomic mass is 32.1. The minimum atomic E-state index is -4.33. The van der Waals surface area contributed by atoms with E-state index in [4.69, 9.17) is 0 Å². The van der Waals surface area contributed by atoms with Gasteiger partial charge in [0.25, 0.3) is 0 Å². The quantitative estimate of drug-likeness (QED) is 0.703. The van der Waals surface area contributed by atoms with Crippen molar-refractivity contribution >= 4 is 12.6 Å². The van der Waals surface area contributed by atoms with Crippen LogP contribution in [0.15, 0.2) is 53.4 Å². The summed E-state index contributed by atoms with van der Waals surface area (Å²) in [6.07, 6.45) is -4.33. The van der Waals surface area contributed by atoms with Crippen LogP contribution < -0.4 is 0 Å². The van der Waals surface area contributed by atoms with Crippen molar-refractivity contribution in [3.63, 3.8) is 0 Å². The summed E-state index contributed by atoms with van der Waals surface area (Å²) in [5.41, 5.74) is 0.557. The Hall–Kier alpha value is -1.42. The third kappa shape index (κ3) is 2.64. The molecule has 0 amide bonds. The van der Waals surface area contributed by atoms with E-state index in [2.05, 4.69) is 12.6 Å². The first-order valence-electron chi connectivity index (χ1n) is 4.94. The zero-order valence-electron chi connectivity index (χ0n) is 8.70. The molecule has 2 aromatic carbocycles. The van der Waals surface area contributed by atoms with Crippen LogP contribution in [-0.2, 0) is 6.18 Å². The second-order valence-corrected chi connectivity index (χ2v) is 4.08. The molecule has 0 N–H and O–H groups in total. The maximum absolute atomic E-state index is 12.6. The molecule has 0 radical (unpaired) electrons. The highest BCUT2D eigenvalue weighted by Gasteiger charge is 2.30. The van der Waals surface area contributed by atoms with E-state index < -0.39 is 11.7 Å². The molecule has 0 bridgehead atoms. The third-order valence-electron chi connectivity index (χ3n) is 2.41. The Morgan fingerprint density at radius 2 is 1.53 bits per heavy atom. The van der Waals surface area contributed by atoms with Gasteiger partial charge in [0, 0.05) is 4.90 Å². The number of alkyl halides is 3. The molecular formula is C13H9F3S. The van der Waals surface area contributed by atoms with Crippen LogP contribution in [0.2, 0.25) is 0 Å². The van der Waals surface area contributed by atoms with Gasteiger partial charge in [-0.1, -0.05) is 30.3 Å². The van der Waals surface area contributed by atoms with Crippen molar-refractivity contribution in [2.75, 3.05) is 0 Å². The molecule has 0 unspecified atom stereocenters. The van der Waals surface area contributed by atoms with E-state index in [1.807, 2.05) is 6.07 Å². The second-order valence-electron chi connectivity index (χ2n) is 3.60. The summed E-state index contributed by atoms with van der Waals surface area (Å²) in [6, 6.07) is 12.4. The number of rotatable bonds is 1. The van der Waals surface area contributed by atoms with Crippen molar-refractivity contribution in [1.82, 2.24) is 0 Å². The van der Waals surface area contributed by atoms with Gasteiger partial charge >= 0.3 is 6.18 Å². The van der Waals surface area contributed by atoms with Crippen LogP contribution in [0.4, 0.5) is 13.2 Å². The maximum atomic E-state index is 12.6. The zero-order chi connectivity index (χ0) is 12.5. The smallest absolute Gasteiger partial charge is 0.166 e. The fourth-order valence-corrected chi connectivity index (χ4v) is 1.83. The number of halogens is 3. The molecule has 2 aromatic rings. The zero-order valence-corrected chi connectivity index (χ0v) is 9.59. The van der Waals surface area contributed by atoms with Gasteiger partial charge in [0.1, 0.15) is 0 Å². The fraction of sp³-hybridized carbons (Fsp3) is 0.0769. The fourth-order valence-electron chi connectivity index (χ4n) is 1.56. The molecule has 17 heavy (non-hydrogen) atoms. The first-order chi connectivity index (χ1) is 7.98. The Labute approximate surface area is 103 Å². The van der Waals surface area contributed by atoms with E-state index in [1.165, 1.54) is 6.07 Å². The molecule has 0 heterocycles. The molecule has 0 saturated carbocycles. The van der Waals surface area contributed by atoms with Crippen LogP contribution in [0.1, 0.15) is 5.56 Å². The Bertz CT molecular complexity index is 518. The first kappa shape index (κ1) is 12.0. The van der Waals surface area contributed by atoms with Crippen LogP contribution in [0.25, 0.3) is 11.1 Å². The summed E-state index contributed by atoms with van der Waals surface area (Å²) in [5, 5.41) is 0. The predicted octanol–water partition coefficient (Wildman–Crippen LogP) is 4.66. The molecule has 0 aliphatic carbocycles. The van der Waals surface area contributed by atoms with Crippen LogP contribution in [0.5, 0.6) is 0 Å². The number of thiol groups is 1. The van der Waals surface area contributed by atoms with Crippen molar-refractivity contribution in [2.24, 2.45) is 0 Å². The van der Waals surface area contributed by atoms with E-state index in [0.29, 0.717) is 10.5 Å². The summed E-state index contributed by atoms with van der Waals surface area (Å²) in [6.45, 7) is 0. The monoisotopic (exact) mass is 254 g/mol. The van der Waals surface area contributed by atoms with E-state index in [0.717, 1.165) is 17.7 Å². The predicted molar refractivity (Wildman–Crippen MR) is 64.1 cm³/mol. The SMILES string of the molecule is FC(F)(F)c1ccc(S)c(-c2ccccc2)c1. The summed E-state index contributed by atoms with van der Waals surface area (Å²) in [7, 11) is 0. The lowest BCUT2D eigenvalue weighted by Gasteiger charge is -2.11. The molecule has 0 fully saturated rings. The molecule has 0 aromatic heterocycles. The standard InChI is InChI=1S/C13H9F3S/c14-13(15,16)10-6-7-12(17)11(8-10)9-4-2-1-3-5-9/h1-8,17H. The molecule has 0 saturated heterocycles. The van der Waals surface area contributed by atoms with Gasteiger partial charge in [-0.2, -0.15) is 13.2 Å². The van der Waals surface area contributed by atoms with Gasteiger partial charge in [-0.3, -0.25) is 0 Å². The molecule has 0 nitrogen and oxygen atoms in total. The van der Waals surface area contributed by atoms with Crippen LogP contribution in [0, 0.1) is 0 Å². The topological polar surface area (TPSA) is 0 Å². The van der Waals surface area contributed by atoms with Gasteiger partial charge in [0.2, 0.25) is 0 Å². The molecule has 0 aliphatic rings. The second kappa shape index (κ2) is 4.45. The highest BCUT2D eigenvalue weighted by molar-refractivity contribution is 7.80. The van der Waals surface area contributed by atoms with E-state index in [-0.39, 0.29) is 0 Å². The van der Waals surface area contributed by atoms with Crippen LogP contribution >= 0.6 is 12.6 Å². The summed E-state index contributed by atoms with van der Waals surface area (Å²) in [5.74, 6) is 0. The molecule has 0 aliphatic heterocycles. The molecule has 0 spiro atoms. The van der Waals surface area contributed by atoms with Gasteiger partial charge in [0.05, 0.1) is 5.56 Å². The van der Waals surface area contributed by atoms with Gasteiger partial charge in [0.15, 0.2) is 0 Å². The Kier molecular flexibility index (Phi) is 3.15. The van der Waals surface area contributed by atoms with Gasteiger partial charge in [-0.15, -0.1) is 12.6 Å². The Morgan fingerprint density at radius 3 is 2.12 bits per heavy atom. The van der Waals surface area contributed by atoms with Crippen molar-refractivity contribution in [3.05, 3.63) is 54.1 Å². The Balaban J connectivity index is 2.55. The largest absolute Gasteiger partial charge is 0.416 e. The van der Waals surface area contributed by atoms with Gasteiger partial charge in [-0.25, -0.2) is 0 Å². The minimum absolute atomic E-state index is 0.490. The van der Waals surface area contributed by atoms with Crippen LogP contribution in [0.3, 0.4) is 0 Å². The van der Waals surface area contributed by atoms with E-state index in [1.54, 1.807) is 24.3 Å². The maximum Gasteiger partial charge on any atom is 0.416 e. The molecule has 0 atom stereocenters. The molecular weight excluding hydrogens is 245 g/mol. The van der Waals surface area contributed by atoms with E-state index >= 15 is 0 Å². The third-order valence-corrected chi connectivity index (χ3v) is 2.80. The summed E-state index contributed by atoms with van der Waals surface area (Å²) in [4.78, 5) is 0.532. The van der Waals surface area contributed by atoms with Crippen LogP contribution in [-0.4, -0.2) is 0 Å². The van der Waals surface area contributed by atoms with Crippen molar-refractivity contribution in [2.45, 2.75) is 11.1 Å². The van der Waals surface area contributed by atoms with Crippen molar-refractivity contribution < 1.29 is 13.2 Å². The average Bonchev–Trinajstić information content (AvgIpc) is 2.29. The van der Waals surface area contributed by atoms with Crippen molar-refractivity contribution in [3.8, 4) is 11.1 Å². The number of hydrogen-bond donors (Lipinski definition) is 1. The van der Waals surface area contributed by atoms with Gasteiger partial charge < -0.3 is 0 Å². The van der Waals surface area contributed by atoms with Crippen molar-refractivity contribution in [1.29, 1.82) is 0 Å². The molecule has 4 heteroatoms.